The van der Waals surface area contributed by atoms with Crippen molar-refractivity contribution in [1.29, 1.82) is 0 Å². The average molecular weight is 343 g/mol. The first-order chi connectivity index (χ1) is 12.2. The summed E-state index contributed by atoms with van der Waals surface area (Å²) in [6.07, 6.45) is 1.29. The molecule has 0 bridgehead atoms. The molecule has 0 N–H and O–H groups in total. The van der Waals surface area contributed by atoms with Crippen LogP contribution in [0.5, 0.6) is 5.75 Å². The molecule has 3 heterocycles. The molecular formula is C18H21N3O4. The summed E-state index contributed by atoms with van der Waals surface area (Å²) >= 11 is 0. The van der Waals surface area contributed by atoms with Crippen LogP contribution in [0.4, 0.5) is 0 Å². The van der Waals surface area contributed by atoms with Gasteiger partial charge in [-0.25, -0.2) is 0 Å². The molecule has 2 aliphatic rings. The van der Waals surface area contributed by atoms with E-state index in [0.717, 1.165) is 17.7 Å². The van der Waals surface area contributed by atoms with Gasteiger partial charge in [0.15, 0.2) is 0 Å². The number of ether oxygens (including phenoxy) is 2. The van der Waals surface area contributed by atoms with E-state index in [2.05, 4.69) is 10.2 Å². The van der Waals surface area contributed by atoms with E-state index in [0.29, 0.717) is 44.6 Å². The largest absolute Gasteiger partial charge is 0.493 e. The molecule has 1 saturated heterocycles. The van der Waals surface area contributed by atoms with Gasteiger partial charge in [-0.05, 0) is 24.0 Å². The molecular weight excluding hydrogens is 322 g/mol. The molecule has 2 aromatic rings. The van der Waals surface area contributed by atoms with Crippen LogP contribution in [0.1, 0.15) is 42.1 Å². The van der Waals surface area contributed by atoms with Crippen molar-refractivity contribution in [3.63, 3.8) is 0 Å². The van der Waals surface area contributed by atoms with Crippen molar-refractivity contribution in [3.8, 4) is 5.75 Å². The van der Waals surface area contributed by atoms with Gasteiger partial charge in [-0.3, -0.25) is 4.79 Å². The monoisotopic (exact) mass is 343 g/mol. The molecule has 1 aromatic heterocycles. The van der Waals surface area contributed by atoms with Gasteiger partial charge >= 0.3 is 0 Å². The maximum atomic E-state index is 13.0. The van der Waals surface area contributed by atoms with Crippen LogP contribution < -0.4 is 4.74 Å². The minimum Gasteiger partial charge on any atom is -0.493 e. The fraction of sp³-hybridized carbons (Fsp3) is 0.500. The second kappa shape index (κ2) is 6.84. The summed E-state index contributed by atoms with van der Waals surface area (Å²) in [6, 6.07) is 7.65. The molecule has 7 nitrogen and oxygen atoms in total. The standard InChI is InChI=1S/C18H21N3O4/c1-12-19-20-18(25-12)15-11-23-9-7-21(15)17(22)10-13-6-8-24-16-5-3-2-4-14(13)16/h2-5,13,15H,6-11H2,1H3. The second-order valence-electron chi connectivity index (χ2n) is 6.41. The van der Waals surface area contributed by atoms with Gasteiger partial charge in [0.05, 0.1) is 19.8 Å². The Kier molecular flexibility index (Phi) is 4.40. The molecule has 132 valence electrons. The first-order valence-corrected chi connectivity index (χ1v) is 8.61. The molecule has 0 radical (unpaired) electrons. The van der Waals surface area contributed by atoms with Crippen LogP contribution in [0.15, 0.2) is 28.7 Å². The van der Waals surface area contributed by atoms with Crippen molar-refractivity contribution in [2.24, 2.45) is 0 Å². The van der Waals surface area contributed by atoms with Crippen LogP contribution in [-0.4, -0.2) is 47.4 Å². The van der Waals surface area contributed by atoms with Crippen LogP contribution in [0, 0.1) is 6.92 Å². The highest BCUT2D eigenvalue weighted by atomic mass is 16.5. The van der Waals surface area contributed by atoms with Gasteiger partial charge in [-0.1, -0.05) is 18.2 Å². The number of aryl methyl sites for hydroxylation is 1. The van der Waals surface area contributed by atoms with Crippen molar-refractivity contribution < 1.29 is 18.7 Å². The van der Waals surface area contributed by atoms with Gasteiger partial charge in [-0.2, -0.15) is 0 Å². The number of hydrogen-bond donors (Lipinski definition) is 0. The van der Waals surface area contributed by atoms with E-state index < -0.39 is 0 Å². The number of carbonyl (C=O) groups excluding carboxylic acids is 1. The highest BCUT2D eigenvalue weighted by molar-refractivity contribution is 5.78. The summed E-state index contributed by atoms with van der Waals surface area (Å²) in [5.41, 5.74) is 1.11. The van der Waals surface area contributed by atoms with Crippen LogP contribution in [-0.2, 0) is 9.53 Å². The van der Waals surface area contributed by atoms with Crippen LogP contribution in [0.25, 0.3) is 0 Å². The third kappa shape index (κ3) is 3.24. The Labute approximate surface area is 145 Å². The zero-order valence-corrected chi connectivity index (χ0v) is 14.2. The van der Waals surface area contributed by atoms with Gasteiger partial charge in [0, 0.05) is 19.9 Å². The lowest BCUT2D eigenvalue weighted by molar-refractivity contribution is -0.141. The third-order valence-corrected chi connectivity index (χ3v) is 4.78. The normalized spacial score (nSPS) is 23.0. The van der Waals surface area contributed by atoms with Crippen molar-refractivity contribution >= 4 is 5.91 Å². The Morgan fingerprint density at radius 2 is 2.16 bits per heavy atom. The number of nitrogens with zero attached hydrogens (tertiary/aromatic N) is 3. The zero-order chi connectivity index (χ0) is 17.2. The minimum absolute atomic E-state index is 0.0888. The lowest BCUT2D eigenvalue weighted by Crippen LogP contribution is -2.44. The summed E-state index contributed by atoms with van der Waals surface area (Å²) in [5, 5.41) is 7.95. The van der Waals surface area contributed by atoms with Gasteiger partial charge in [0.1, 0.15) is 11.8 Å². The van der Waals surface area contributed by atoms with Gasteiger partial charge in [-0.15, -0.1) is 10.2 Å². The molecule has 1 fully saturated rings. The number of morpholine rings is 1. The number of rotatable bonds is 3. The molecule has 0 spiro atoms. The first kappa shape index (κ1) is 16.1. The second-order valence-corrected chi connectivity index (χ2v) is 6.41. The Hall–Kier alpha value is -2.41. The highest BCUT2D eigenvalue weighted by Gasteiger charge is 2.34. The molecule has 2 aliphatic heterocycles. The Balaban J connectivity index is 1.52. The molecule has 4 rings (SSSR count). The van der Waals surface area contributed by atoms with Crippen molar-refractivity contribution in [2.45, 2.75) is 31.7 Å². The molecule has 2 unspecified atom stereocenters. The number of fused-ring (bicyclic) bond motifs is 1. The summed E-state index contributed by atoms with van der Waals surface area (Å²) in [4.78, 5) is 14.8. The third-order valence-electron chi connectivity index (χ3n) is 4.78. The number of hydrogen-bond acceptors (Lipinski definition) is 6. The number of aromatic nitrogens is 2. The van der Waals surface area contributed by atoms with Crippen LogP contribution >= 0.6 is 0 Å². The Morgan fingerprint density at radius 1 is 1.28 bits per heavy atom. The van der Waals surface area contributed by atoms with Gasteiger partial charge in [0.25, 0.3) is 0 Å². The molecule has 0 saturated carbocycles. The zero-order valence-electron chi connectivity index (χ0n) is 14.2. The van der Waals surface area contributed by atoms with Gasteiger partial charge < -0.3 is 18.8 Å². The Morgan fingerprint density at radius 3 is 3.00 bits per heavy atom. The summed E-state index contributed by atoms with van der Waals surface area (Å²) in [5.74, 6) is 2.08. The molecule has 1 aromatic carbocycles. The smallest absolute Gasteiger partial charge is 0.241 e. The van der Waals surface area contributed by atoms with Crippen molar-refractivity contribution in [1.82, 2.24) is 15.1 Å². The van der Waals surface area contributed by atoms with Crippen molar-refractivity contribution in [2.75, 3.05) is 26.4 Å². The average Bonchev–Trinajstić information content (AvgIpc) is 3.08. The fourth-order valence-corrected chi connectivity index (χ4v) is 3.51. The fourth-order valence-electron chi connectivity index (χ4n) is 3.51. The predicted octanol–water partition coefficient (Wildman–Crippen LogP) is 2.23. The van der Waals surface area contributed by atoms with E-state index in [1.165, 1.54) is 0 Å². The lowest BCUT2D eigenvalue weighted by Gasteiger charge is -2.35. The van der Waals surface area contributed by atoms with Crippen LogP contribution in [0.2, 0.25) is 0 Å². The van der Waals surface area contributed by atoms with E-state index in [1.54, 1.807) is 6.92 Å². The molecule has 2 atom stereocenters. The number of carbonyl (C=O) groups is 1. The van der Waals surface area contributed by atoms with Gasteiger partial charge in [0.2, 0.25) is 17.7 Å². The van der Waals surface area contributed by atoms with E-state index in [9.17, 15) is 4.79 Å². The molecule has 0 aliphatic carbocycles. The lowest BCUT2D eigenvalue weighted by atomic mass is 9.89. The van der Waals surface area contributed by atoms with E-state index in [4.69, 9.17) is 13.9 Å². The number of para-hydroxylation sites is 1. The predicted molar refractivity (Wildman–Crippen MR) is 88.2 cm³/mol. The molecule has 7 heteroatoms. The minimum atomic E-state index is -0.308. The van der Waals surface area contributed by atoms with E-state index in [-0.39, 0.29) is 17.9 Å². The summed E-state index contributed by atoms with van der Waals surface area (Å²) in [7, 11) is 0. The first-order valence-electron chi connectivity index (χ1n) is 8.61. The topological polar surface area (TPSA) is 77.7 Å². The van der Waals surface area contributed by atoms with Crippen molar-refractivity contribution in [3.05, 3.63) is 41.6 Å². The number of amides is 1. The van der Waals surface area contributed by atoms with Crippen LogP contribution in [0.3, 0.4) is 0 Å². The summed E-state index contributed by atoms with van der Waals surface area (Å²) in [6.45, 7) is 3.84. The SMILES string of the molecule is Cc1nnc(C2COCCN2C(=O)CC2CCOc3ccccc32)o1. The maximum Gasteiger partial charge on any atom is 0.241 e. The quantitative estimate of drug-likeness (QED) is 0.850. The van der Waals surface area contributed by atoms with E-state index in [1.807, 2.05) is 29.2 Å². The molecule has 25 heavy (non-hydrogen) atoms. The summed E-state index contributed by atoms with van der Waals surface area (Å²) < 4.78 is 16.8. The molecule has 1 amide bonds. The maximum absolute atomic E-state index is 13.0. The Bertz CT molecular complexity index is 760. The number of benzene rings is 1. The van der Waals surface area contributed by atoms with E-state index >= 15 is 0 Å². The highest BCUT2D eigenvalue weighted by Crippen LogP contribution is 2.36.